The summed E-state index contributed by atoms with van der Waals surface area (Å²) in [4.78, 5) is 28.1. The van der Waals surface area contributed by atoms with Crippen molar-refractivity contribution in [3.05, 3.63) is 48.0 Å². The minimum Gasteiger partial charge on any atom is -0.487 e. The highest BCUT2D eigenvalue weighted by Crippen LogP contribution is 2.37. The molecule has 206 valence electrons. The van der Waals surface area contributed by atoms with E-state index >= 15 is 0 Å². The largest absolute Gasteiger partial charge is 0.487 e. The monoisotopic (exact) mass is 543 g/mol. The zero-order valence-electron chi connectivity index (χ0n) is 22.6. The lowest BCUT2D eigenvalue weighted by Gasteiger charge is -2.37. The smallest absolute Gasteiger partial charge is 0.253 e. The number of amides is 2. The van der Waals surface area contributed by atoms with Gasteiger partial charge < -0.3 is 19.6 Å². The maximum Gasteiger partial charge on any atom is 0.253 e. The lowest BCUT2D eigenvalue weighted by molar-refractivity contribution is -0.132. The van der Waals surface area contributed by atoms with Gasteiger partial charge in [0.25, 0.3) is 5.91 Å². The molecule has 1 saturated carbocycles. The molecule has 0 aromatic heterocycles. The van der Waals surface area contributed by atoms with Crippen molar-refractivity contribution in [3.63, 3.8) is 0 Å². The van der Waals surface area contributed by atoms with E-state index in [1.165, 1.54) is 15.3 Å². The molecule has 10 heteroatoms. The first kappa shape index (κ1) is 28.1. The van der Waals surface area contributed by atoms with Gasteiger partial charge in [-0.25, -0.2) is 8.42 Å². The Morgan fingerprint density at radius 3 is 2.29 bits per heavy atom. The summed E-state index contributed by atoms with van der Waals surface area (Å²) in [7, 11) is 1.17. The number of nitrogens with zero attached hydrogens (tertiary/aromatic N) is 3. The van der Waals surface area contributed by atoms with Gasteiger partial charge in [0, 0.05) is 51.1 Å². The van der Waals surface area contributed by atoms with Crippen LogP contribution in [-0.4, -0.2) is 92.4 Å². The highest BCUT2D eigenvalue weighted by molar-refractivity contribution is 7.89. The number of benzene rings is 2. The third kappa shape index (κ3) is 5.72. The standard InChI is InChI=1S/C28H37N3O6S/c1-18-15-31(19(2)17-32)38(35,36)26-13-12-23(20-6-8-21(9-7-20)27(33)29(3)4)14-24(26)37-25(18)16-30(5)28(34)22-10-11-22/h6-9,12-14,18-19,22,25,32H,10-11,15-17H2,1-5H3/t18-,19+,25-/m0/s1. The number of hydrogen-bond donors (Lipinski definition) is 1. The zero-order valence-corrected chi connectivity index (χ0v) is 23.4. The summed E-state index contributed by atoms with van der Waals surface area (Å²) >= 11 is 0. The predicted octanol–water partition coefficient (Wildman–Crippen LogP) is 2.69. The second kappa shape index (κ2) is 11.0. The van der Waals surface area contributed by atoms with Crippen molar-refractivity contribution in [2.45, 2.75) is 43.7 Å². The highest BCUT2D eigenvalue weighted by atomic mass is 32.2. The van der Waals surface area contributed by atoms with Gasteiger partial charge in [-0.15, -0.1) is 0 Å². The van der Waals surface area contributed by atoms with Crippen LogP contribution in [0.4, 0.5) is 0 Å². The van der Waals surface area contributed by atoms with E-state index in [-0.39, 0.29) is 47.4 Å². The summed E-state index contributed by atoms with van der Waals surface area (Å²) in [5, 5.41) is 9.84. The summed E-state index contributed by atoms with van der Waals surface area (Å²) in [6, 6.07) is 11.4. The molecule has 3 atom stereocenters. The van der Waals surface area contributed by atoms with E-state index in [1.54, 1.807) is 57.2 Å². The average Bonchev–Trinajstić information content (AvgIpc) is 3.74. The molecule has 0 saturated heterocycles. The summed E-state index contributed by atoms with van der Waals surface area (Å²) in [5.74, 6) is -0.00556. The summed E-state index contributed by atoms with van der Waals surface area (Å²) in [5.41, 5.74) is 2.09. The Morgan fingerprint density at radius 1 is 1.08 bits per heavy atom. The number of fused-ring (bicyclic) bond motifs is 1. The molecule has 0 spiro atoms. The van der Waals surface area contributed by atoms with Crippen LogP contribution in [-0.2, 0) is 14.8 Å². The summed E-state index contributed by atoms with van der Waals surface area (Å²) < 4.78 is 35.2. The number of carbonyl (C=O) groups is 2. The maximum atomic E-state index is 13.7. The first-order valence-corrected chi connectivity index (χ1v) is 14.4. The van der Waals surface area contributed by atoms with Crippen LogP contribution in [0.1, 0.15) is 37.0 Å². The van der Waals surface area contributed by atoms with E-state index in [1.807, 2.05) is 19.1 Å². The van der Waals surface area contributed by atoms with Gasteiger partial charge >= 0.3 is 0 Å². The second-order valence-corrected chi connectivity index (χ2v) is 12.5. The highest BCUT2D eigenvalue weighted by Gasteiger charge is 2.39. The fourth-order valence-corrected chi connectivity index (χ4v) is 6.51. The van der Waals surface area contributed by atoms with Crippen LogP contribution in [0.2, 0.25) is 0 Å². The lowest BCUT2D eigenvalue weighted by atomic mass is 10.0. The van der Waals surface area contributed by atoms with Crippen molar-refractivity contribution in [3.8, 4) is 16.9 Å². The quantitative estimate of drug-likeness (QED) is 0.576. The van der Waals surface area contributed by atoms with Crippen molar-refractivity contribution in [1.82, 2.24) is 14.1 Å². The van der Waals surface area contributed by atoms with Gasteiger partial charge in [0.2, 0.25) is 15.9 Å². The molecule has 1 N–H and O–H groups in total. The van der Waals surface area contributed by atoms with Gasteiger partial charge in [0.15, 0.2) is 0 Å². The molecule has 9 nitrogen and oxygen atoms in total. The van der Waals surface area contributed by atoms with Crippen LogP contribution >= 0.6 is 0 Å². The normalized spacial score (nSPS) is 21.8. The molecule has 0 radical (unpaired) electrons. The number of aliphatic hydroxyl groups excluding tert-OH is 1. The molecule has 1 aliphatic heterocycles. The summed E-state index contributed by atoms with van der Waals surface area (Å²) in [6.07, 6.45) is 1.34. The van der Waals surface area contributed by atoms with Crippen LogP contribution in [0.15, 0.2) is 47.4 Å². The number of carbonyl (C=O) groups excluding carboxylic acids is 2. The van der Waals surface area contributed by atoms with Crippen LogP contribution in [0.3, 0.4) is 0 Å². The first-order valence-electron chi connectivity index (χ1n) is 12.9. The fourth-order valence-electron chi connectivity index (χ4n) is 4.69. The molecular formula is C28H37N3O6S. The number of likely N-dealkylation sites (N-methyl/N-ethyl adjacent to an activating group) is 1. The third-order valence-corrected chi connectivity index (χ3v) is 9.31. The molecule has 38 heavy (non-hydrogen) atoms. The topological polar surface area (TPSA) is 107 Å². The van der Waals surface area contributed by atoms with Gasteiger partial charge in [-0.3, -0.25) is 9.59 Å². The number of aliphatic hydroxyl groups is 1. The Morgan fingerprint density at radius 2 is 1.71 bits per heavy atom. The van der Waals surface area contributed by atoms with Gasteiger partial charge in [-0.2, -0.15) is 4.31 Å². The van der Waals surface area contributed by atoms with Crippen LogP contribution in [0.25, 0.3) is 11.1 Å². The van der Waals surface area contributed by atoms with Crippen LogP contribution in [0.5, 0.6) is 5.75 Å². The van der Waals surface area contributed by atoms with Gasteiger partial charge in [-0.05, 0) is 55.2 Å². The molecule has 2 aliphatic rings. The molecule has 1 fully saturated rings. The van der Waals surface area contributed by atoms with E-state index in [4.69, 9.17) is 4.74 Å². The maximum absolute atomic E-state index is 13.7. The molecule has 1 aliphatic carbocycles. The Kier molecular flexibility index (Phi) is 8.15. The fraction of sp³-hybridized carbons (Fsp3) is 0.500. The molecule has 2 aromatic carbocycles. The Labute approximate surface area is 225 Å². The third-order valence-electron chi connectivity index (χ3n) is 7.30. The minimum absolute atomic E-state index is 0.0222. The Hall–Kier alpha value is -2.95. The molecule has 0 unspecified atom stereocenters. The molecule has 2 amide bonds. The van der Waals surface area contributed by atoms with E-state index in [0.29, 0.717) is 12.1 Å². The first-order chi connectivity index (χ1) is 17.9. The van der Waals surface area contributed by atoms with Crippen LogP contribution in [0, 0.1) is 11.8 Å². The second-order valence-electron chi connectivity index (χ2n) is 10.7. The van der Waals surface area contributed by atoms with Crippen molar-refractivity contribution in [2.75, 3.05) is 40.8 Å². The van der Waals surface area contributed by atoms with Gasteiger partial charge in [0.05, 0.1) is 13.2 Å². The molecule has 4 rings (SSSR count). The van der Waals surface area contributed by atoms with Crippen molar-refractivity contribution < 1.29 is 27.9 Å². The van der Waals surface area contributed by atoms with Gasteiger partial charge in [0.1, 0.15) is 16.7 Å². The van der Waals surface area contributed by atoms with Crippen molar-refractivity contribution >= 4 is 21.8 Å². The van der Waals surface area contributed by atoms with Crippen LogP contribution < -0.4 is 4.74 Å². The average molecular weight is 544 g/mol. The minimum atomic E-state index is -3.97. The van der Waals surface area contributed by atoms with E-state index in [0.717, 1.165) is 24.0 Å². The molecule has 0 bridgehead atoms. The molecule has 1 heterocycles. The van der Waals surface area contributed by atoms with E-state index in [2.05, 4.69) is 0 Å². The SMILES string of the molecule is C[C@H](CO)N1C[C@H](C)[C@H](CN(C)C(=O)C2CC2)Oc2cc(-c3ccc(C(=O)N(C)C)cc3)ccc2S1(=O)=O. The zero-order chi connectivity index (χ0) is 27.8. The summed E-state index contributed by atoms with van der Waals surface area (Å²) in [6.45, 7) is 3.74. The number of hydrogen-bond acceptors (Lipinski definition) is 6. The van der Waals surface area contributed by atoms with Crippen molar-refractivity contribution in [1.29, 1.82) is 0 Å². The van der Waals surface area contributed by atoms with Crippen molar-refractivity contribution in [2.24, 2.45) is 11.8 Å². The molecular weight excluding hydrogens is 506 g/mol. The Balaban J connectivity index is 1.73. The number of rotatable bonds is 7. The predicted molar refractivity (Wildman–Crippen MR) is 144 cm³/mol. The molecule has 2 aromatic rings. The Bertz CT molecular complexity index is 1290. The van der Waals surface area contributed by atoms with E-state index in [9.17, 15) is 23.1 Å². The number of sulfonamides is 1. The number of ether oxygens (including phenoxy) is 1. The lowest BCUT2D eigenvalue weighted by Crippen LogP contribution is -2.50. The van der Waals surface area contributed by atoms with E-state index < -0.39 is 22.2 Å². The van der Waals surface area contributed by atoms with Gasteiger partial charge in [-0.1, -0.05) is 25.1 Å².